The van der Waals surface area contributed by atoms with E-state index in [4.69, 9.17) is 0 Å². The van der Waals surface area contributed by atoms with Gasteiger partial charge >= 0.3 is 0 Å². The second-order valence-electron chi connectivity index (χ2n) is 4.68. The van der Waals surface area contributed by atoms with Gasteiger partial charge in [0.1, 0.15) is 6.07 Å². The average molecular weight is 271 g/mol. The van der Waals surface area contributed by atoms with E-state index in [-0.39, 0.29) is 0 Å². The lowest BCUT2D eigenvalue weighted by atomic mass is 10.4. The summed E-state index contributed by atoms with van der Waals surface area (Å²) < 4.78 is -0.685. The molecule has 1 amide bonds. The van der Waals surface area contributed by atoms with Gasteiger partial charge in [0.2, 0.25) is 10.6 Å². The van der Waals surface area contributed by atoms with Crippen molar-refractivity contribution < 1.29 is 4.79 Å². The van der Waals surface area contributed by atoms with Gasteiger partial charge < -0.3 is 9.80 Å². The van der Waals surface area contributed by atoms with Crippen LogP contribution in [0.25, 0.3) is 0 Å². The Labute approximate surface area is 111 Å². The highest BCUT2D eigenvalue weighted by Gasteiger charge is 2.48. The maximum Gasteiger partial charge on any atom is 0.224 e. The van der Waals surface area contributed by atoms with E-state index < -0.39 is 4.20 Å². The predicted octanol–water partition coefficient (Wildman–Crippen LogP) is 1.19. The first-order valence-electron chi connectivity index (χ1n) is 5.72. The SMILES string of the molecule is CN(C)C1CSC(C#N)(N(C=O)C2CC2)SC1. The molecular formula is C11H17N3OS2. The Balaban J connectivity index is 2.07. The van der Waals surface area contributed by atoms with Crippen LogP contribution in [0.3, 0.4) is 0 Å². The van der Waals surface area contributed by atoms with Crippen LogP contribution in [0.2, 0.25) is 0 Å². The Morgan fingerprint density at radius 2 is 1.88 bits per heavy atom. The molecule has 0 N–H and O–H groups in total. The van der Waals surface area contributed by atoms with Crippen LogP contribution in [0, 0.1) is 11.3 Å². The molecule has 0 atom stereocenters. The summed E-state index contributed by atoms with van der Waals surface area (Å²) in [5, 5.41) is 9.44. The van der Waals surface area contributed by atoms with Crippen molar-refractivity contribution >= 4 is 29.9 Å². The zero-order chi connectivity index (χ0) is 12.5. The third-order valence-electron chi connectivity index (χ3n) is 3.21. The van der Waals surface area contributed by atoms with Gasteiger partial charge in [0.05, 0.1) is 0 Å². The molecule has 0 aromatic carbocycles. The molecule has 17 heavy (non-hydrogen) atoms. The van der Waals surface area contributed by atoms with Crippen molar-refractivity contribution in [3.8, 4) is 6.07 Å². The van der Waals surface area contributed by atoms with E-state index in [1.807, 2.05) is 0 Å². The zero-order valence-corrected chi connectivity index (χ0v) is 11.8. The lowest BCUT2D eigenvalue weighted by Crippen LogP contribution is -2.49. The summed E-state index contributed by atoms with van der Waals surface area (Å²) in [5.41, 5.74) is 0. The van der Waals surface area contributed by atoms with Gasteiger partial charge in [-0.05, 0) is 26.9 Å². The minimum atomic E-state index is -0.685. The number of carbonyl (C=O) groups excluding carboxylic acids is 1. The highest BCUT2D eigenvalue weighted by Crippen LogP contribution is 2.48. The Hall–Kier alpha value is -0.380. The highest BCUT2D eigenvalue weighted by molar-refractivity contribution is 8.19. The molecule has 1 aliphatic heterocycles. The molecule has 6 heteroatoms. The van der Waals surface area contributed by atoms with Crippen molar-refractivity contribution in [1.82, 2.24) is 9.80 Å². The number of thioether (sulfide) groups is 2. The summed E-state index contributed by atoms with van der Waals surface area (Å²) in [6, 6.07) is 3.13. The first-order chi connectivity index (χ1) is 8.13. The summed E-state index contributed by atoms with van der Waals surface area (Å²) in [5.74, 6) is 1.81. The summed E-state index contributed by atoms with van der Waals surface area (Å²) in [7, 11) is 4.12. The number of nitrogens with zero attached hydrogens (tertiary/aromatic N) is 3. The third kappa shape index (κ3) is 2.56. The van der Waals surface area contributed by atoms with E-state index in [0.29, 0.717) is 12.1 Å². The smallest absolute Gasteiger partial charge is 0.224 e. The maximum atomic E-state index is 11.2. The zero-order valence-electron chi connectivity index (χ0n) is 10.1. The van der Waals surface area contributed by atoms with Crippen LogP contribution in [-0.2, 0) is 4.79 Å². The lowest BCUT2D eigenvalue weighted by Gasteiger charge is -2.41. The van der Waals surface area contributed by atoms with E-state index in [1.54, 1.807) is 28.4 Å². The van der Waals surface area contributed by atoms with Gasteiger partial charge in [-0.25, -0.2) is 0 Å². The van der Waals surface area contributed by atoms with Crippen molar-refractivity contribution in [2.45, 2.75) is 29.1 Å². The second-order valence-corrected chi connectivity index (χ2v) is 7.36. The van der Waals surface area contributed by atoms with Crippen molar-refractivity contribution in [2.24, 2.45) is 0 Å². The van der Waals surface area contributed by atoms with Crippen LogP contribution in [-0.4, -0.2) is 58.1 Å². The molecule has 0 aromatic heterocycles. The molecule has 2 fully saturated rings. The topological polar surface area (TPSA) is 47.3 Å². The van der Waals surface area contributed by atoms with Gasteiger partial charge in [0.15, 0.2) is 0 Å². The van der Waals surface area contributed by atoms with Crippen LogP contribution in [0.15, 0.2) is 0 Å². The van der Waals surface area contributed by atoms with Crippen LogP contribution < -0.4 is 0 Å². The number of hydrogen-bond donors (Lipinski definition) is 0. The number of hydrogen-bond acceptors (Lipinski definition) is 5. The molecule has 0 aromatic rings. The molecule has 1 saturated carbocycles. The van der Waals surface area contributed by atoms with Gasteiger partial charge in [0.25, 0.3) is 0 Å². The van der Waals surface area contributed by atoms with Crippen molar-refractivity contribution in [1.29, 1.82) is 5.26 Å². The van der Waals surface area contributed by atoms with Gasteiger partial charge in [-0.15, -0.1) is 23.5 Å². The lowest BCUT2D eigenvalue weighted by molar-refractivity contribution is -0.119. The third-order valence-corrected chi connectivity index (χ3v) is 6.40. The number of rotatable bonds is 4. The number of nitriles is 1. The van der Waals surface area contributed by atoms with Crippen molar-refractivity contribution in [3.05, 3.63) is 0 Å². The van der Waals surface area contributed by atoms with Crippen molar-refractivity contribution in [2.75, 3.05) is 25.6 Å². The Bertz CT molecular complexity index is 330. The van der Waals surface area contributed by atoms with E-state index in [1.165, 1.54) is 0 Å². The quantitative estimate of drug-likeness (QED) is 0.719. The van der Waals surface area contributed by atoms with Gasteiger partial charge in [0, 0.05) is 23.6 Å². The summed E-state index contributed by atoms with van der Waals surface area (Å²) in [6.07, 6.45) is 2.94. The fraction of sp³-hybridized carbons (Fsp3) is 0.818. The molecule has 1 aliphatic carbocycles. The molecule has 0 unspecified atom stereocenters. The Morgan fingerprint density at radius 1 is 1.29 bits per heavy atom. The van der Waals surface area contributed by atoms with Gasteiger partial charge in [-0.2, -0.15) is 5.26 Å². The number of carbonyl (C=O) groups is 1. The van der Waals surface area contributed by atoms with Crippen molar-refractivity contribution in [3.63, 3.8) is 0 Å². The molecule has 0 radical (unpaired) electrons. The summed E-state index contributed by atoms with van der Waals surface area (Å²) in [4.78, 5) is 15.1. The molecule has 94 valence electrons. The molecule has 4 nitrogen and oxygen atoms in total. The fourth-order valence-corrected chi connectivity index (χ4v) is 5.20. The van der Waals surface area contributed by atoms with Gasteiger partial charge in [-0.3, -0.25) is 4.79 Å². The fourth-order valence-electron chi connectivity index (χ4n) is 1.83. The van der Waals surface area contributed by atoms with E-state index in [9.17, 15) is 10.1 Å². The molecule has 1 saturated heterocycles. The normalized spacial score (nSPS) is 33.2. The van der Waals surface area contributed by atoms with Gasteiger partial charge in [-0.1, -0.05) is 0 Å². The first-order valence-corrected chi connectivity index (χ1v) is 7.69. The standard InChI is InChI=1S/C11H17N3OS2/c1-13(2)10-5-16-11(7-12,17-6-10)14(8-15)9-3-4-9/h8-10H,3-6H2,1-2H3. The monoisotopic (exact) mass is 271 g/mol. The molecule has 1 heterocycles. The molecule has 2 rings (SSSR count). The van der Waals surface area contributed by atoms with Crippen LogP contribution >= 0.6 is 23.5 Å². The Kier molecular flexibility index (Phi) is 3.91. The minimum absolute atomic E-state index is 0.294. The van der Waals surface area contributed by atoms with E-state index >= 15 is 0 Å². The average Bonchev–Trinajstić information content (AvgIpc) is 3.15. The largest absolute Gasteiger partial charge is 0.307 e. The Morgan fingerprint density at radius 3 is 2.24 bits per heavy atom. The predicted molar refractivity (Wildman–Crippen MR) is 71.7 cm³/mol. The molecule has 0 bridgehead atoms. The first kappa shape index (κ1) is 13.1. The van der Waals surface area contributed by atoms with E-state index in [0.717, 1.165) is 30.8 Å². The van der Waals surface area contributed by atoms with Crippen LogP contribution in [0.4, 0.5) is 0 Å². The second kappa shape index (κ2) is 5.09. The molecule has 2 aliphatic rings. The molecule has 0 spiro atoms. The summed E-state index contributed by atoms with van der Waals surface area (Å²) >= 11 is 3.21. The molecular weight excluding hydrogens is 254 g/mol. The maximum absolute atomic E-state index is 11.2. The van der Waals surface area contributed by atoms with Crippen LogP contribution in [0.1, 0.15) is 12.8 Å². The summed E-state index contributed by atoms with van der Waals surface area (Å²) in [6.45, 7) is 0. The highest BCUT2D eigenvalue weighted by atomic mass is 32.2. The number of amides is 1. The minimum Gasteiger partial charge on any atom is -0.307 e. The van der Waals surface area contributed by atoms with E-state index in [2.05, 4.69) is 25.1 Å². The van der Waals surface area contributed by atoms with Crippen LogP contribution in [0.5, 0.6) is 0 Å².